The molecule has 0 saturated heterocycles. The summed E-state index contributed by atoms with van der Waals surface area (Å²) in [4.78, 5) is 12.8. The Kier molecular flexibility index (Phi) is 4.36. The zero-order valence-corrected chi connectivity index (χ0v) is 14.7. The van der Waals surface area contributed by atoms with Gasteiger partial charge < -0.3 is 23.5 Å². The lowest BCUT2D eigenvalue weighted by Gasteiger charge is -2.15. The lowest BCUT2D eigenvalue weighted by atomic mass is 10.0. The minimum Gasteiger partial charge on any atom is -0.454 e. The van der Waals surface area contributed by atoms with Gasteiger partial charge in [-0.3, -0.25) is 4.79 Å². The molecule has 0 N–H and O–H groups in total. The molecule has 1 aromatic heterocycles. The molecule has 1 aliphatic heterocycles. The van der Waals surface area contributed by atoms with Crippen molar-refractivity contribution in [2.24, 2.45) is 7.05 Å². The summed E-state index contributed by atoms with van der Waals surface area (Å²) in [5.41, 5.74) is 2.52. The summed E-state index contributed by atoms with van der Waals surface area (Å²) < 4.78 is 23.2. The lowest BCUT2D eigenvalue weighted by Crippen LogP contribution is -2.19. The van der Waals surface area contributed by atoms with E-state index < -0.39 is 0 Å². The van der Waals surface area contributed by atoms with E-state index >= 15 is 0 Å². The van der Waals surface area contributed by atoms with E-state index in [4.69, 9.17) is 18.9 Å². The molecule has 0 atom stereocenters. The van der Waals surface area contributed by atoms with Crippen molar-refractivity contribution in [1.82, 2.24) is 4.57 Å². The molecule has 134 valence electrons. The number of ether oxygens (including phenoxy) is 4. The molecule has 0 radical (unpaired) electrons. The predicted molar refractivity (Wildman–Crippen MR) is 97.4 cm³/mol. The van der Waals surface area contributed by atoms with Gasteiger partial charge in [-0.1, -0.05) is 18.2 Å². The molecule has 6 nitrogen and oxygen atoms in total. The first-order chi connectivity index (χ1) is 12.7. The van der Waals surface area contributed by atoms with E-state index in [1.807, 2.05) is 42.5 Å². The Morgan fingerprint density at radius 3 is 2.69 bits per heavy atom. The van der Waals surface area contributed by atoms with Crippen LogP contribution < -0.4 is 15.0 Å². The fraction of sp³-hybridized carbons (Fsp3) is 0.250. The molecule has 0 aliphatic carbocycles. The van der Waals surface area contributed by atoms with Crippen molar-refractivity contribution in [3.8, 4) is 22.8 Å². The quantitative estimate of drug-likeness (QED) is 0.521. The monoisotopic (exact) mass is 353 g/mol. The second kappa shape index (κ2) is 6.82. The van der Waals surface area contributed by atoms with Gasteiger partial charge in [-0.05, 0) is 35.2 Å². The Labute approximate surface area is 150 Å². The van der Waals surface area contributed by atoms with Gasteiger partial charge in [-0.25, -0.2) is 0 Å². The first-order valence-corrected chi connectivity index (χ1v) is 8.27. The topological polar surface area (TPSA) is 58.9 Å². The van der Waals surface area contributed by atoms with E-state index in [2.05, 4.69) is 0 Å². The van der Waals surface area contributed by atoms with E-state index in [9.17, 15) is 4.79 Å². The molecule has 26 heavy (non-hydrogen) atoms. The zero-order valence-electron chi connectivity index (χ0n) is 14.7. The molecule has 2 heterocycles. The van der Waals surface area contributed by atoms with Gasteiger partial charge in [0.1, 0.15) is 6.79 Å². The van der Waals surface area contributed by atoms with Crippen molar-refractivity contribution < 1.29 is 18.9 Å². The molecule has 2 aromatic carbocycles. The Hall–Kier alpha value is -2.83. The first kappa shape index (κ1) is 16.6. The Bertz CT molecular complexity index is 1020. The van der Waals surface area contributed by atoms with Crippen LogP contribution in [0.3, 0.4) is 0 Å². The zero-order chi connectivity index (χ0) is 18.1. The smallest absolute Gasteiger partial charge is 0.258 e. The molecular formula is C20H19NO5. The first-order valence-electron chi connectivity index (χ1n) is 8.27. The number of rotatable bonds is 5. The van der Waals surface area contributed by atoms with E-state index in [0.29, 0.717) is 23.5 Å². The summed E-state index contributed by atoms with van der Waals surface area (Å²) in [5.74, 6) is 1.34. The molecule has 6 heteroatoms. The van der Waals surface area contributed by atoms with Crippen molar-refractivity contribution in [1.29, 1.82) is 0 Å². The maximum atomic E-state index is 12.8. The summed E-state index contributed by atoms with van der Waals surface area (Å²) in [6, 6.07) is 13.4. The molecule has 0 bridgehead atoms. The summed E-state index contributed by atoms with van der Waals surface area (Å²) in [6.07, 6.45) is 0. The highest BCUT2D eigenvalue weighted by molar-refractivity contribution is 5.86. The van der Waals surface area contributed by atoms with E-state index in [1.54, 1.807) is 18.7 Å². The molecular weight excluding hydrogens is 334 g/mol. The maximum Gasteiger partial charge on any atom is 0.258 e. The summed E-state index contributed by atoms with van der Waals surface area (Å²) >= 11 is 0. The van der Waals surface area contributed by atoms with Crippen LogP contribution in [0.15, 0.2) is 47.3 Å². The highest BCUT2D eigenvalue weighted by Crippen LogP contribution is 2.39. The standard InChI is InChI=1S/C20H19NO5/c1-21-17(7-13-5-3-4-6-15(13)20(21)22)16-9-19-18(25-12-26-19)8-14(16)10-24-11-23-2/h3-9H,10-12H2,1-2H3. The number of hydrogen-bond acceptors (Lipinski definition) is 5. The summed E-state index contributed by atoms with van der Waals surface area (Å²) in [5, 5.41) is 1.59. The molecule has 0 saturated carbocycles. The third-order valence-electron chi connectivity index (χ3n) is 4.48. The Balaban J connectivity index is 1.90. The number of pyridine rings is 1. The van der Waals surface area contributed by atoms with Gasteiger partial charge in [0.2, 0.25) is 6.79 Å². The molecule has 0 unspecified atom stereocenters. The van der Waals surface area contributed by atoms with Crippen LogP contribution >= 0.6 is 0 Å². The predicted octanol–water partition coefficient (Wildman–Crippen LogP) is 3.05. The summed E-state index contributed by atoms with van der Waals surface area (Å²) in [7, 11) is 3.35. The number of aromatic nitrogens is 1. The average molecular weight is 353 g/mol. The van der Waals surface area contributed by atoms with Gasteiger partial charge in [0.25, 0.3) is 5.56 Å². The van der Waals surface area contributed by atoms with Gasteiger partial charge in [-0.15, -0.1) is 0 Å². The maximum absolute atomic E-state index is 12.8. The van der Waals surface area contributed by atoms with E-state index in [1.165, 1.54) is 0 Å². The van der Waals surface area contributed by atoms with Crippen molar-refractivity contribution >= 4 is 10.8 Å². The van der Waals surface area contributed by atoms with Gasteiger partial charge in [0.15, 0.2) is 11.5 Å². The van der Waals surface area contributed by atoms with Crippen molar-refractivity contribution in [2.75, 3.05) is 20.7 Å². The summed E-state index contributed by atoms with van der Waals surface area (Å²) in [6.45, 7) is 0.708. The number of benzene rings is 2. The molecule has 1 aliphatic rings. The van der Waals surface area contributed by atoms with Crippen LogP contribution in [0.2, 0.25) is 0 Å². The third kappa shape index (κ3) is 2.83. The van der Waals surface area contributed by atoms with Crippen LogP contribution in [-0.2, 0) is 23.1 Å². The lowest BCUT2D eigenvalue weighted by molar-refractivity contribution is -0.0389. The molecule has 3 aromatic rings. The highest BCUT2D eigenvalue weighted by Gasteiger charge is 2.20. The van der Waals surface area contributed by atoms with Gasteiger partial charge in [0.05, 0.1) is 12.3 Å². The second-order valence-electron chi connectivity index (χ2n) is 6.10. The van der Waals surface area contributed by atoms with Crippen LogP contribution in [0.4, 0.5) is 0 Å². The molecule has 0 spiro atoms. The minimum atomic E-state index is -0.0421. The fourth-order valence-electron chi connectivity index (χ4n) is 3.19. The van der Waals surface area contributed by atoms with Crippen molar-refractivity contribution in [2.45, 2.75) is 6.61 Å². The van der Waals surface area contributed by atoms with Crippen LogP contribution in [-0.4, -0.2) is 25.3 Å². The highest BCUT2D eigenvalue weighted by atomic mass is 16.7. The van der Waals surface area contributed by atoms with Crippen LogP contribution in [0.1, 0.15) is 5.56 Å². The largest absolute Gasteiger partial charge is 0.454 e. The minimum absolute atomic E-state index is 0.0421. The van der Waals surface area contributed by atoms with Crippen molar-refractivity contribution in [3.05, 3.63) is 58.4 Å². The SMILES string of the molecule is COCOCc1cc2c(cc1-c1cc3ccccc3c(=O)n1C)OCO2. The number of hydrogen-bond donors (Lipinski definition) is 0. The molecule has 4 rings (SSSR count). The molecule has 0 amide bonds. The molecule has 0 fully saturated rings. The van der Waals surface area contributed by atoms with Gasteiger partial charge >= 0.3 is 0 Å². The fourth-order valence-corrected chi connectivity index (χ4v) is 3.19. The normalized spacial score (nSPS) is 12.7. The van der Waals surface area contributed by atoms with Crippen molar-refractivity contribution in [3.63, 3.8) is 0 Å². The van der Waals surface area contributed by atoms with Gasteiger partial charge in [-0.2, -0.15) is 0 Å². The van der Waals surface area contributed by atoms with Crippen LogP contribution in [0, 0.1) is 0 Å². The third-order valence-corrected chi connectivity index (χ3v) is 4.48. The second-order valence-corrected chi connectivity index (χ2v) is 6.10. The Morgan fingerprint density at radius 2 is 1.88 bits per heavy atom. The van der Waals surface area contributed by atoms with Gasteiger partial charge in [0, 0.05) is 25.1 Å². The number of fused-ring (bicyclic) bond motifs is 2. The van der Waals surface area contributed by atoms with E-state index in [-0.39, 0.29) is 19.1 Å². The van der Waals surface area contributed by atoms with Crippen LogP contribution in [0.5, 0.6) is 11.5 Å². The number of nitrogens with zero attached hydrogens (tertiary/aromatic N) is 1. The number of methoxy groups -OCH3 is 1. The average Bonchev–Trinajstić information content (AvgIpc) is 3.12. The Morgan fingerprint density at radius 1 is 1.12 bits per heavy atom. The van der Waals surface area contributed by atoms with Crippen LogP contribution in [0.25, 0.3) is 22.0 Å². The van der Waals surface area contributed by atoms with E-state index in [0.717, 1.165) is 22.2 Å².